The largest absolute Gasteiger partial charge is 0.381 e. The molecular formula is C18H28N4O3S. The van der Waals surface area contributed by atoms with Gasteiger partial charge in [-0.1, -0.05) is 0 Å². The number of hydrogen-bond acceptors (Lipinski definition) is 5. The molecule has 4 fully saturated rings. The summed E-state index contributed by atoms with van der Waals surface area (Å²) in [7, 11) is -1.68. The molecule has 144 valence electrons. The normalized spacial score (nSPS) is 27.9. The molecule has 1 spiro atoms. The molecule has 3 aliphatic heterocycles. The highest BCUT2D eigenvalue weighted by Crippen LogP contribution is 2.44. The Morgan fingerprint density at radius 1 is 1.15 bits per heavy atom. The molecule has 0 unspecified atom stereocenters. The molecule has 0 atom stereocenters. The number of aromatic nitrogens is 2. The van der Waals surface area contributed by atoms with Crippen molar-refractivity contribution in [3.8, 4) is 0 Å². The Labute approximate surface area is 155 Å². The summed E-state index contributed by atoms with van der Waals surface area (Å²) < 4.78 is 34.8. The second-order valence-corrected chi connectivity index (χ2v) is 10.5. The van der Waals surface area contributed by atoms with Crippen LogP contribution in [-0.2, 0) is 21.8 Å². The molecule has 4 heterocycles. The van der Waals surface area contributed by atoms with E-state index >= 15 is 0 Å². The van der Waals surface area contributed by atoms with E-state index in [0.717, 1.165) is 64.1 Å². The summed E-state index contributed by atoms with van der Waals surface area (Å²) in [4.78, 5) is 2.57. The number of hydrogen-bond donors (Lipinski definition) is 0. The summed E-state index contributed by atoms with van der Waals surface area (Å²) >= 11 is 0. The first-order valence-electron chi connectivity index (χ1n) is 9.83. The first-order chi connectivity index (χ1) is 12.5. The average Bonchev–Trinajstić information content (AvgIpc) is 3.22. The summed E-state index contributed by atoms with van der Waals surface area (Å²) in [5, 5.41) is 4.79. The second-order valence-electron chi connectivity index (χ2n) is 8.64. The molecule has 0 N–H and O–H groups in total. The fourth-order valence-corrected chi connectivity index (χ4v) is 6.68. The molecule has 3 saturated heterocycles. The molecule has 1 aliphatic carbocycles. The van der Waals surface area contributed by atoms with Crippen LogP contribution in [0.4, 0.5) is 0 Å². The van der Waals surface area contributed by atoms with Crippen LogP contribution in [0.25, 0.3) is 0 Å². The number of likely N-dealkylation sites (tertiary alicyclic amines) is 1. The number of rotatable bonds is 4. The highest BCUT2D eigenvalue weighted by atomic mass is 32.2. The van der Waals surface area contributed by atoms with Crippen molar-refractivity contribution in [1.82, 2.24) is 19.0 Å². The van der Waals surface area contributed by atoms with Crippen LogP contribution < -0.4 is 0 Å². The van der Waals surface area contributed by atoms with Crippen LogP contribution in [0, 0.1) is 5.41 Å². The van der Waals surface area contributed by atoms with Gasteiger partial charge in [-0.3, -0.25) is 9.58 Å². The monoisotopic (exact) mass is 380 g/mol. The van der Waals surface area contributed by atoms with Gasteiger partial charge < -0.3 is 4.74 Å². The average molecular weight is 381 g/mol. The molecule has 4 aliphatic rings. The maximum absolute atomic E-state index is 13.0. The molecule has 0 amide bonds. The van der Waals surface area contributed by atoms with Crippen molar-refractivity contribution < 1.29 is 13.2 Å². The Morgan fingerprint density at radius 3 is 2.58 bits per heavy atom. The minimum Gasteiger partial charge on any atom is -0.381 e. The lowest BCUT2D eigenvalue weighted by atomic mass is 9.81. The minimum absolute atomic E-state index is 0.156. The third-order valence-electron chi connectivity index (χ3n) is 6.65. The van der Waals surface area contributed by atoms with E-state index < -0.39 is 10.0 Å². The zero-order chi connectivity index (χ0) is 17.9. The number of aryl methyl sites for hydroxylation is 1. The van der Waals surface area contributed by atoms with Crippen molar-refractivity contribution >= 4 is 10.0 Å². The van der Waals surface area contributed by atoms with Crippen LogP contribution in [0.1, 0.15) is 43.7 Å². The topological polar surface area (TPSA) is 67.7 Å². The van der Waals surface area contributed by atoms with E-state index in [1.807, 2.05) is 0 Å². The SMILES string of the molecule is Cn1nc(C2CC2)cc1S(=O)(=O)N1CC2(CCN(C3CCOCC3)C2)C1. The summed E-state index contributed by atoms with van der Waals surface area (Å²) in [5.41, 5.74) is 1.09. The molecule has 1 aromatic rings. The minimum atomic E-state index is -3.43. The molecule has 26 heavy (non-hydrogen) atoms. The molecule has 1 saturated carbocycles. The lowest BCUT2D eigenvalue weighted by Gasteiger charge is -2.47. The van der Waals surface area contributed by atoms with Crippen molar-refractivity contribution in [2.75, 3.05) is 39.4 Å². The second kappa shape index (κ2) is 6.02. The van der Waals surface area contributed by atoms with Crippen LogP contribution in [0.15, 0.2) is 11.1 Å². The van der Waals surface area contributed by atoms with Gasteiger partial charge in [0.05, 0.1) is 5.69 Å². The third kappa shape index (κ3) is 2.82. The van der Waals surface area contributed by atoms with Crippen molar-refractivity contribution in [2.24, 2.45) is 12.5 Å². The van der Waals surface area contributed by atoms with Crippen molar-refractivity contribution in [3.05, 3.63) is 11.8 Å². The van der Waals surface area contributed by atoms with E-state index in [1.54, 1.807) is 22.1 Å². The molecule has 1 aromatic heterocycles. The van der Waals surface area contributed by atoms with E-state index in [-0.39, 0.29) is 5.41 Å². The lowest BCUT2D eigenvalue weighted by Crippen LogP contribution is -2.59. The fraction of sp³-hybridized carbons (Fsp3) is 0.833. The van der Waals surface area contributed by atoms with Crippen LogP contribution in [0.5, 0.6) is 0 Å². The molecule has 5 rings (SSSR count). The van der Waals surface area contributed by atoms with Gasteiger partial charge in [-0.05, 0) is 38.6 Å². The maximum atomic E-state index is 13.0. The first kappa shape index (κ1) is 17.2. The fourth-order valence-electron chi connectivity index (χ4n) is 4.89. The molecule has 0 aromatic carbocycles. The highest BCUT2D eigenvalue weighted by Gasteiger charge is 2.53. The van der Waals surface area contributed by atoms with Gasteiger partial charge in [0.15, 0.2) is 5.03 Å². The van der Waals surface area contributed by atoms with E-state index in [0.29, 0.717) is 30.1 Å². The van der Waals surface area contributed by atoms with Crippen LogP contribution >= 0.6 is 0 Å². The van der Waals surface area contributed by atoms with Crippen LogP contribution in [0.2, 0.25) is 0 Å². The van der Waals surface area contributed by atoms with E-state index in [4.69, 9.17) is 4.74 Å². The summed E-state index contributed by atoms with van der Waals surface area (Å²) in [5.74, 6) is 0.468. The highest BCUT2D eigenvalue weighted by molar-refractivity contribution is 7.89. The van der Waals surface area contributed by atoms with Gasteiger partial charge in [0.2, 0.25) is 0 Å². The van der Waals surface area contributed by atoms with Crippen molar-refractivity contribution in [3.63, 3.8) is 0 Å². The number of sulfonamides is 1. The zero-order valence-corrected chi connectivity index (χ0v) is 16.2. The Hall–Kier alpha value is -0.960. The van der Waals surface area contributed by atoms with E-state index in [2.05, 4.69) is 10.00 Å². The Bertz CT molecular complexity index is 789. The number of nitrogens with zero attached hydrogens (tertiary/aromatic N) is 4. The molecule has 0 radical (unpaired) electrons. The van der Waals surface area contributed by atoms with Gasteiger partial charge in [-0.25, -0.2) is 8.42 Å². The van der Waals surface area contributed by atoms with Gasteiger partial charge in [0.1, 0.15) is 0 Å². The number of ether oxygens (including phenoxy) is 1. The third-order valence-corrected chi connectivity index (χ3v) is 8.50. The summed E-state index contributed by atoms with van der Waals surface area (Å²) in [6.07, 6.45) is 5.58. The van der Waals surface area contributed by atoms with Gasteiger partial charge in [-0.2, -0.15) is 9.40 Å². The van der Waals surface area contributed by atoms with Gasteiger partial charge in [-0.15, -0.1) is 0 Å². The van der Waals surface area contributed by atoms with Gasteiger partial charge in [0.25, 0.3) is 10.0 Å². The Balaban J connectivity index is 1.26. The predicted molar refractivity (Wildman–Crippen MR) is 96.4 cm³/mol. The zero-order valence-electron chi connectivity index (χ0n) is 15.4. The first-order valence-corrected chi connectivity index (χ1v) is 11.3. The predicted octanol–water partition coefficient (Wildman–Crippen LogP) is 1.17. The maximum Gasteiger partial charge on any atom is 0.260 e. The van der Waals surface area contributed by atoms with Crippen molar-refractivity contribution in [2.45, 2.75) is 49.1 Å². The lowest BCUT2D eigenvalue weighted by molar-refractivity contribution is 0.0254. The Morgan fingerprint density at radius 2 is 1.88 bits per heavy atom. The standard InChI is InChI=1S/C18H28N4O3S/c1-20-17(10-16(19-20)14-2-3-14)26(23,24)22-12-18(13-22)6-7-21(11-18)15-4-8-25-9-5-15/h10,14-15H,2-9,11-13H2,1H3. The molecular weight excluding hydrogens is 352 g/mol. The van der Waals surface area contributed by atoms with E-state index in [9.17, 15) is 8.42 Å². The van der Waals surface area contributed by atoms with Crippen LogP contribution in [-0.4, -0.2) is 72.8 Å². The smallest absolute Gasteiger partial charge is 0.260 e. The van der Waals surface area contributed by atoms with Gasteiger partial charge in [0, 0.05) is 63.3 Å². The Kier molecular flexibility index (Phi) is 3.97. The quantitative estimate of drug-likeness (QED) is 0.785. The van der Waals surface area contributed by atoms with E-state index in [1.165, 1.54) is 0 Å². The summed E-state index contributed by atoms with van der Waals surface area (Å²) in [6.45, 7) is 5.15. The van der Waals surface area contributed by atoms with Gasteiger partial charge >= 0.3 is 0 Å². The van der Waals surface area contributed by atoms with Crippen molar-refractivity contribution in [1.29, 1.82) is 0 Å². The molecule has 8 heteroatoms. The summed E-state index contributed by atoms with van der Waals surface area (Å²) in [6, 6.07) is 2.41. The van der Waals surface area contributed by atoms with Crippen LogP contribution in [0.3, 0.4) is 0 Å². The molecule has 0 bridgehead atoms. The molecule has 7 nitrogen and oxygen atoms in total.